The van der Waals surface area contributed by atoms with Gasteiger partial charge in [0.05, 0.1) is 5.75 Å². The third-order valence-electron chi connectivity index (χ3n) is 5.61. The molecule has 0 atom stereocenters. The topological polar surface area (TPSA) is 63.2 Å². The van der Waals surface area contributed by atoms with Gasteiger partial charge in [-0.1, -0.05) is 93.4 Å². The van der Waals surface area contributed by atoms with E-state index >= 15 is 0 Å². The van der Waals surface area contributed by atoms with Gasteiger partial charge in [-0.05, 0) is 53.1 Å². The van der Waals surface area contributed by atoms with E-state index in [4.69, 9.17) is 0 Å². The molecule has 1 amide bonds. The van der Waals surface area contributed by atoms with E-state index in [1.54, 1.807) is 6.07 Å². The molecule has 0 aliphatic carbocycles. The van der Waals surface area contributed by atoms with Gasteiger partial charge in [-0.2, -0.15) is 0 Å². The summed E-state index contributed by atoms with van der Waals surface area (Å²) in [6.07, 6.45) is 3.63. The zero-order valence-corrected chi connectivity index (χ0v) is 19.6. The number of benzene rings is 3. The molecule has 0 aliphatic heterocycles. The normalized spacial score (nSPS) is 11.3. The number of carbonyl (C=O) groups excluding carboxylic acids is 1. The second-order valence-electron chi connectivity index (χ2n) is 7.99. The van der Waals surface area contributed by atoms with Gasteiger partial charge in [0.1, 0.15) is 0 Å². The van der Waals surface area contributed by atoms with Gasteiger partial charge in [0.15, 0.2) is 0 Å². The Balaban J connectivity index is 1.83. The minimum Gasteiger partial charge on any atom is -0.268 e. The monoisotopic (exact) mass is 449 g/mol. The van der Waals surface area contributed by atoms with Crippen LogP contribution in [0.3, 0.4) is 0 Å². The van der Waals surface area contributed by atoms with Crippen molar-refractivity contribution in [1.29, 1.82) is 0 Å². The molecular weight excluding hydrogens is 418 g/mol. The molecule has 168 valence electrons. The van der Waals surface area contributed by atoms with Crippen LogP contribution in [-0.2, 0) is 22.9 Å². The first kappa shape index (κ1) is 23.7. The molecule has 3 aromatic carbocycles. The summed E-state index contributed by atoms with van der Waals surface area (Å²) in [5, 5.41) is 0. The van der Waals surface area contributed by atoms with Gasteiger partial charge in [0.2, 0.25) is 10.0 Å². The predicted octanol–water partition coefficient (Wildman–Crippen LogP) is 5.76. The van der Waals surface area contributed by atoms with E-state index in [-0.39, 0.29) is 5.75 Å². The number of carbonyl (C=O) groups is 1. The molecular formula is C27H31NO3S. The largest absolute Gasteiger partial charge is 0.268 e. The zero-order valence-electron chi connectivity index (χ0n) is 18.8. The summed E-state index contributed by atoms with van der Waals surface area (Å²) in [5.74, 6) is -0.580. The van der Waals surface area contributed by atoms with Crippen molar-refractivity contribution in [3.8, 4) is 11.1 Å². The maximum Gasteiger partial charge on any atom is 0.265 e. The third-order valence-corrected chi connectivity index (χ3v) is 6.93. The van der Waals surface area contributed by atoms with E-state index < -0.39 is 15.9 Å². The Kier molecular flexibility index (Phi) is 8.23. The quantitative estimate of drug-likeness (QED) is 0.401. The van der Waals surface area contributed by atoms with Gasteiger partial charge in [0.25, 0.3) is 5.91 Å². The van der Waals surface area contributed by atoms with Crippen LogP contribution in [0.5, 0.6) is 0 Å². The summed E-state index contributed by atoms with van der Waals surface area (Å²) in [6, 6.07) is 24.0. The number of hydrogen-bond acceptors (Lipinski definition) is 3. The maximum absolute atomic E-state index is 12.9. The highest BCUT2D eigenvalue weighted by Crippen LogP contribution is 2.23. The summed E-state index contributed by atoms with van der Waals surface area (Å²) in [4.78, 5) is 12.9. The third kappa shape index (κ3) is 6.30. The summed E-state index contributed by atoms with van der Waals surface area (Å²) >= 11 is 0. The number of sulfonamides is 1. The lowest BCUT2D eigenvalue weighted by Crippen LogP contribution is -2.33. The Morgan fingerprint density at radius 1 is 0.812 bits per heavy atom. The van der Waals surface area contributed by atoms with Gasteiger partial charge in [-0.25, -0.2) is 13.1 Å². The Morgan fingerprint density at radius 2 is 1.50 bits per heavy atom. The number of hydrogen-bond donors (Lipinski definition) is 1. The second kappa shape index (κ2) is 11.1. The first-order valence-electron chi connectivity index (χ1n) is 11.2. The zero-order chi connectivity index (χ0) is 23.0. The van der Waals surface area contributed by atoms with E-state index in [0.29, 0.717) is 18.4 Å². The van der Waals surface area contributed by atoms with E-state index in [1.165, 1.54) is 0 Å². The van der Waals surface area contributed by atoms with E-state index in [9.17, 15) is 13.2 Å². The molecule has 5 heteroatoms. The van der Waals surface area contributed by atoms with E-state index in [0.717, 1.165) is 47.1 Å². The van der Waals surface area contributed by atoms with Gasteiger partial charge in [0, 0.05) is 5.56 Å². The van der Waals surface area contributed by atoms with Crippen molar-refractivity contribution in [2.75, 3.05) is 5.75 Å². The van der Waals surface area contributed by atoms with Gasteiger partial charge in [-0.15, -0.1) is 0 Å². The highest BCUT2D eigenvalue weighted by Gasteiger charge is 2.20. The highest BCUT2D eigenvalue weighted by molar-refractivity contribution is 7.90. The molecule has 0 saturated heterocycles. The molecule has 0 spiro atoms. The standard InChI is InChI=1S/C27H31NO3S/c1-3-5-9-19-32(30,31)28-27(29)25-14-10-13-22(4-2)26(25)20-21-15-17-24(18-16-21)23-11-7-6-8-12-23/h6-8,10-18H,3-5,9,19-20H2,1-2H3,(H,28,29). The fourth-order valence-corrected chi connectivity index (χ4v) is 4.91. The molecule has 3 rings (SSSR count). The first-order valence-corrected chi connectivity index (χ1v) is 12.9. The molecule has 4 nitrogen and oxygen atoms in total. The smallest absolute Gasteiger partial charge is 0.265 e. The lowest BCUT2D eigenvalue weighted by Gasteiger charge is -2.15. The molecule has 0 aliphatic rings. The Bertz CT molecular complexity index is 1140. The number of amides is 1. The van der Waals surface area contributed by atoms with Crippen LogP contribution in [0.4, 0.5) is 0 Å². The molecule has 0 unspecified atom stereocenters. The number of rotatable bonds is 10. The SMILES string of the molecule is CCCCCS(=O)(=O)NC(=O)c1cccc(CC)c1Cc1ccc(-c2ccccc2)cc1. The Labute approximate surface area is 191 Å². The van der Waals surface area contributed by atoms with Crippen LogP contribution in [0, 0.1) is 0 Å². The fourth-order valence-electron chi connectivity index (χ4n) is 3.83. The van der Waals surface area contributed by atoms with Crippen molar-refractivity contribution in [2.45, 2.75) is 46.0 Å². The van der Waals surface area contributed by atoms with E-state index in [2.05, 4.69) is 41.1 Å². The van der Waals surface area contributed by atoms with Crippen molar-refractivity contribution in [3.63, 3.8) is 0 Å². The Hall–Kier alpha value is -2.92. The second-order valence-corrected chi connectivity index (χ2v) is 9.84. The van der Waals surface area contributed by atoms with Crippen molar-refractivity contribution >= 4 is 15.9 Å². The van der Waals surface area contributed by atoms with Crippen LogP contribution in [0.15, 0.2) is 72.8 Å². The lowest BCUT2D eigenvalue weighted by atomic mass is 9.92. The minimum atomic E-state index is -3.65. The Morgan fingerprint density at radius 3 is 2.16 bits per heavy atom. The molecule has 0 heterocycles. The maximum atomic E-state index is 12.9. The van der Waals surface area contributed by atoms with Crippen LogP contribution in [0.1, 0.15) is 60.2 Å². The summed E-state index contributed by atoms with van der Waals surface area (Å²) in [6.45, 7) is 4.06. The number of nitrogens with one attached hydrogen (secondary N) is 1. The minimum absolute atomic E-state index is 0.0314. The van der Waals surface area contributed by atoms with Crippen LogP contribution in [0.2, 0.25) is 0 Å². The lowest BCUT2D eigenvalue weighted by molar-refractivity contribution is 0.0980. The van der Waals surface area contributed by atoms with Crippen LogP contribution in [0.25, 0.3) is 11.1 Å². The van der Waals surface area contributed by atoms with Crippen molar-refractivity contribution in [2.24, 2.45) is 0 Å². The molecule has 0 fully saturated rings. The van der Waals surface area contributed by atoms with Crippen LogP contribution < -0.4 is 4.72 Å². The van der Waals surface area contributed by atoms with Crippen LogP contribution in [-0.4, -0.2) is 20.1 Å². The first-order chi connectivity index (χ1) is 15.4. The molecule has 32 heavy (non-hydrogen) atoms. The highest BCUT2D eigenvalue weighted by atomic mass is 32.2. The van der Waals surface area contributed by atoms with Gasteiger partial charge < -0.3 is 0 Å². The molecule has 0 radical (unpaired) electrons. The molecule has 0 bridgehead atoms. The fraction of sp³-hybridized carbons (Fsp3) is 0.296. The number of unbranched alkanes of at least 4 members (excludes halogenated alkanes) is 2. The van der Waals surface area contributed by atoms with Crippen molar-refractivity contribution in [3.05, 3.63) is 95.1 Å². The van der Waals surface area contributed by atoms with Gasteiger partial charge >= 0.3 is 0 Å². The van der Waals surface area contributed by atoms with E-state index in [1.807, 2.05) is 44.2 Å². The molecule has 0 aromatic heterocycles. The average molecular weight is 450 g/mol. The van der Waals surface area contributed by atoms with Crippen molar-refractivity contribution < 1.29 is 13.2 Å². The van der Waals surface area contributed by atoms with Crippen molar-refractivity contribution in [1.82, 2.24) is 4.72 Å². The van der Waals surface area contributed by atoms with Gasteiger partial charge in [-0.3, -0.25) is 4.79 Å². The summed E-state index contributed by atoms with van der Waals surface area (Å²) < 4.78 is 27.0. The molecule has 0 saturated carbocycles. The summed E-state index contributed by atoms with van der Waals surface area (Å²) in [5.41, 5.74) is 5.72. The molecule has 1 N–H and O–H groups in total. The average Bonchev–Trinajstić information content (AvgIpc) is 2.80. The molecule has 3 aromatic rings. The predicted molar refractivity (Wildman–Crippen MR) is 131 cm³/mol. The summed E-state index contributed by atoms with van der Waals surface area (Å²) in [7, 11) is -3.65. The van der Waals surface area contributed by atoms with Crippen LogP contribution >= 0.6 is 0 Å². The number of aryl methyl sites for hydroxylation is 1.